The number of nitrogens with one attached hydrogen (secondary N) is 1. The van der Waals surface area contributed by atoms with E-state index in [1.165, 1.54) is 11.3 Å². The summed E-state index contributed by atoms with van der Waals surface area (Å²) >= 11 is 1.33. The first kappa shape index (κ1) is 20.6. The number of ketones is 1. The van der Waals surface area contributed by atoms with Gasteiger partial charge >= 0.3 is 5.97 Å². The van der Waals surface area contributed by atoms with E-state index in [-0.39, 0.29) is 24.9 Å². The van der Waals surface area contributed by atoms with Crippen molar-refractivity contribution in [2.75, 3.05) is 18.5 Å². The van der Waals surface area contributed by atoms with Crippen LogP contribution in [0.25, 0.3) is 0 Å². The Labute approximate surface area is 162 Å². The first-order valence-corrected chi connectivity index (χ1v) is 9.52. The zero-order chi connectivity index (χ0) is 20.0. The lowest BCUT2D eigenvalue weighted by Gasteiger charge is -2.09. The van der Waals surface area contributed by atoms with Crippen LogP contribution in [0.1, 0.15) is 51.4 Å². The van der Waals surface area contributed by atoms with Gasteiger partial charge in [0.05, 0.1) is 12.2 Å². The third-order valence-electron chi connectivity index (χ3n) is 3.99. The summed E-state index contributed by atoms with van der Waals surface area (Å²) in [5, 5.41) is 3.18. The number of anilines is 1. The third kappa shape index (κ3) is 5.17. The van der Waals surface area contributed by atoms with Crippen LogP contribution in [0.3, 0.4) is 0 Å². The van der Waals surface area contributed by atoms with Gasteiger partial charge in [0.2, 0.25) is 0 Å². The molecule has 2 rings (SSSR count). The van der Waals surface area contributed by atoms with Crippen molar-refractivity contribution in [2.45, 2.75) is 34.1 Å². The molecular weight excluding hydrogens is 366 g/mol. The van der Waals surface area contributed by atoms with Crippen LogP contribution in [-0.2, 0) is 9.53 Å². The van der Waals surface area contributed by atoms with Gasteiger partial charge in [-0.3, -0.25) is 9.59 Å². The Morgan fingerprint density at radius 3 is 2.33 bits per heavy atom. The Hall–Kier alpha value is -2.67. The Balaban J connectivity index is 2.01. The molecule has 7 heteroatoms. The minimum atomic E-state index is -0.452. The molecule has 0 spiro atoms. The van der Waals surface area contributed by atoms with E-state index in [1.807, 2.05) is 13.8 Å². The molecule has 0 aliphatic carbocycles. The zero-order valence-corrected chi connectivity index (χ0v) is 16.7. The fourth-order valence-corrected chi connectivity index (χ4v) is 3.48. The van der Waals surface area contributed by atoms with Crippen LogP contribution in [0, 0.1) is 13.8 Å². The molecular formula is C20H23NO5S. The highest BCUT2D eigenvalue weighted by atomic mass is 32.1. The van der Waals surface area contributed by atoms with Crippen molar-refractivity contribution in [3.8, 4) is 5.75 Å². The molecule has 0 atom stereocenters. The van der Waals surface area contributed by atoms with Crippen LogP contribution in [0.5, 0.6) is 5.75 Å². The van der Waals surface area contributed by atoms with Gasteiger partial charge in [-0.1, -0.05) is 6.92 Å². The van der Waals surface area contributed by atoms with Gasteiger partial charge in [-0.15, -0.1) is 11.3 Å². The van der Waals surface area contributed by atoms with E-state index in [2.05, 4.69) is 5.32 Å². The Morgan fingerprint density at radius 2 is 1.74 bits per heavy atom. The van der Waals surface area contributed by atoms with Crippen LogP contribution in [0.15, 0.2) is 24.3 Å². The van der Waals surface area contributed by atoms with Crippen molar-refractivity contribution in [1.29, 1.82) is 0 Å². The average molecular weight is 389 g/mol. The summed E-state index contributed by atoms with van der Waals surface area (Å²) in [7, 11) is 0. The number of carbonyl (C=O) groups is 3. The maximum absolute atomic E-state index is 12.2. The number of thiophene rings is 1. The largest absolute Gasteiger partial charge is 0.484 e. The second-order valence-electron chi connectivity index (χ2n) is 5.85. The van der Waals surface area contributed by atoms with E-state index in [0.29, 0.717) is 28.3 Å². The number of aryl methyl sites for hydroxylation is 1. The predicted molar refractivity (Wildman–Crippen MR) is 105 cm³/mol. The molecule has 0 bridgehead atoms. The van der Waals surface area contributed by atoms with Gasteiger partial charge in [-0.05, 0) is 50.6 Å². The topological polar surface area (TPSA) is 81.7 Å². The second kappa shape index (κ2) is 9.32. The van der Waals surface area contributed by atoms with Gasteiger partial charge in [-0.2, -0.15) is 0 Å². The normalized spacial score (nSPS) is 10.4. The van der Waals surface area contributed by atoms with Gasteiger partial charge in [0.1, 0.15) is 10.8 Å². The third-order valence-corrected chi connectivity index (χ3v) is 5.11. The molecule has 144 valence electrons. The van der Waals surface area contributed by atoms with E-state index in [9.17, 15) is 14.4 Å². The van der Waals surface area contributed by atoms with E-state index < -0.39 is 5.97 Å². The molecule has 1 aromatic carbocycles. The van der Waals surface area contributed by atoms with Gasteiger partial charge in [0.15, 0.2) is 12.4 Å². The molecule has 0 aliphatic heterocycles. The van der Waals surface area contributed by atoms with Crippen molar-refractivity contribution in [3.63, 3.8) is 0 Å². The SMILES string of the molecule is CCOC(=O)c1c(NC(=O)COc2ccc(C(=O)CC)cc2)sc(C)c1C. The van der Waals surface area contributed by atoms with Crippen LogP contribution >= 0.6 is 11.3 Å². The summed E-state index contributed by atoms with van der Waals surface area (Å²) in [6.45, 7) is 7.30. The highest BCUT2D eigenvalue weighted by Crippen LogP contribution is 2.33. The number of hydrogen-bond donors (Lipinski definition) is 1. The molecule has 1 aromatic heterocycles. The minimum Gasteiger partial charge on any atom is -0.484 e. The second-order valence-corrected chi connectivity index (χ2v) is 7.07. The molecule has 1 heterocycles. The molecule has 0 saturated carbocycles. The lowest BCUT2D eigenvalue weighted by Crippen LogP contribution is -2.21. The Bertz CT molecular complexity index is 839. The highest BCUT2D eigenvalue weighted by molar-refractivity contribution is 7.16. The molecule has 2 aromatic rings. The lowest BCUT2D eigenvalue weighted by atomic mass is 10.1. The monoisotopic (exact) mass is 389 g/mol. The van der Waals surface area contributed by atoms with Crippen molar-refractivity contribution in [2.24, 2.45) is 0 Å². The number of ether oxygens (including phenoxy) is 2. The zero-order valence-electron chi connectivity index (χ0n) is 15.9. The molecule has 0 aliphatic rings. The highest BCUT2D eigenvalue weighted by Gasteiger charge is 2.22. The van der Waals surface area contributed by atoms with Crippen LogP contribution in [0.2, 0.25) is 0 Å². The predicted octanol–water partition coefficient (Wildman–Crippen LogP) is 4.15. The average Bonchev–Trinajstić information content (AvgIpc) is 2.93. The smallest absolute Gasteiger partial charge is 0.341 e. The number of esters is 1. The molecule has 0 radical (unpaired) electrons. The fourth-order valence-electron chi connectivity index (χ4n) is 2.42. The fraction of sp³-hybridized carbons (Fsp3) is 0.350. The van der Waals surface area contributed by atoms with Gasteiger partial charge in [-0.25, -0.2) is 4.79 Å². The first-order chi connectivity index (χ1) is 12.9. The molecule has 1 N–H and O–H groups in total. The van der Waals surface area contributed by atoms with E-state index in [1.54, 1.807) is 38.1 Å². The number of carbonyl (C=O) groups excluding carboxylic acids is 3. The van der Waals surface area contributed by atoms with Crippen LogP contribution in [-0.4, -0.2) is 30.9 Å². The maximum atomic E-state index is 12.2. The van der Waals surface area contributed by atoms with Crippen molar-refractivity contribution >= 4 is 34.0 Å². The summed E-state index contributed by atoms with van der Waals surface area (Å²) in [5.74, 6) is -0.293. The van der Waals surface area contributed by atoms with Crippen molar-refractivity contribution in [1.82, 2.24) is 0 Å². The van der Waals surface area contributed by atoms with Crippen LogP contribution in [0.4, 0.5) is 5.00 Å². The first-order valence-electron chi connectivity index (χ1n) is 8.70. The molecule has 6 nitrogen and oxygen atoms in total. The molecule has 0 fully saturated rings. The van der Waals surface area contributed by atoms with Gasteiger partial charge < -0.3 is 14.8 Å². The standard InChI is InChI=1S/C20H23NO5S/c1-5-16(22)14-7-9-15(10-8-14)26-11-17(23)21-19-18(20(24)25-6-2)12(3)13(4)27-19/h7-10H,5-6,11H2,1-4H3,(H,21,23). The summed E-state index contributed by atoms with van der Waals surface area (Å²) in [5.41, 5.74) is 1.79. The van der Waals surface area contributed by atoms with E-state index in [4.69, 9.17) is 9.47 Å². The number of amides is 1. The number of hydrogen-bond acceptors (Lipinski definition) is 6. The maximum Gasteiger partial charge on any atom is 0.341 e. The summed E-state index contributed by atoms with van der Waals surface area (Å²) in [6.07, 6.45) is 0.436. The van der Waals surface area contributed by atoms with Gasteiger partial charge in [0, 0.05) is 16.9 Å². The van der Waals surface area contributed by atoms with Crippen molar-refractivity contribution in [3.05, 3.63) is 45.8 Å². The summed E-state index contributed by atoms with van der Waals surface area (Å²) in [6, 6.07) is 6.65. The summed E-state index contributed by atoms with van der Waals surface area (Å²) in [4.78, 5) is 36.9. The molecule has 1 amide bonds. The van der Waals surface area contributed by atoms with Crippen molar-refractivity contribution < 1.29 is 23.9 Å². The molecule has 0 unspecified atom stereocenters. The number of benzene rings is 1. The quantitative estimate of drug-likeness (QED) is 0.542. The Morgan fingerprint density at radius 1 is 1.07 bits per heavy atom. The molecule has 0 saturated heterocycles. The van der Waals surface area contributed by atoms with E-state index >= 15 is 0 Å². The molecule has 27 heavy (non-hydrogen) atoms. The summed E-state index contributed by atoms with van der Waals surface area (Å²) < 4.78 is 10.5. The minimum absolute atomic E-state index is 0.0502. The van der Waals surface area contributed by atoms with Gasteiger partial charge in [0.25, 0.3) is 5.91 Å². The van der Waals surface area contributed by atoms with E-state index in [0.717, 1.165) is 10.4 Å². The number of rotatable bonds is 8. The Kier molecular flexibility index (Phi) is 7.12. The van der Waals surface area contributed by atoms with Crippen LogP contribution < -0.4 is 10.1 Å². The lowest BCUT2D eigenvalue weighted by molar-refractivity contribution is -0.118. The number of Topliss-reactive ketones (excluding diaryl/α,β-unsaturated/α-hetero) is 1.